The van der Waals surface area contributed by atoms with Gasteiger partial charge in [0.1, 0.15) is 0 Å². The van der Waals surface area contributed by atoms with Gasteiger partial charge in [-0.2, -0.15) is 0 Å². The highest BCUT2D eigenvalue weighted by molar-refractivity contribution is 5.88. The number of nitrogen functional groups attached to an aromatic ring is 1. The molecule has 0 spiro atoms. The first kappa shape index (κ1) is 10.8. The summed E-state index contributed by atoms with van der Waals surface area (Å²) in [4.78, 5) is 7.46. The summed E-state index contributed by atoms with van der Waals surface area (Å²) in [6.07, 6.45) is 2.54. The largest absolute Gasteiger partial charge is 0.399 e. The molecule has 3 heteroatoms. The summed E-state index contributed by atoms with van der Waals surface area (Å²) in [6.45, 7) is 2.04. The number of aryl methyl sites for hydroxylation is 1. The number of aromatic nitrogens is 2. The molecule has 0 atom stereocenters. The number of benzene rings is 2. The Morgan fingerprint density at radius 2 is 2.06 bits per heavy atom. The van der Waals surface area contributed by atoms with Crippen LogP contribution in [0.3, 0.4) is 0 Å². The minimum Gasteiger partial charge on any atom is -0.399 e. The van der Waals surface area contributed by atoms with Crippen LogP contribution in [0, 0.1) is 6.92 Å². The van der Waals surface area contributed by atoms with Gasteiger partial charge in [-0.3, -0.25) is 0 Å². The Morgan fingerprint density at radius 3 is 2.83 bits per heavy atom. The number of nitrogens with zero attached hydrogens (tertiary/aromatic N) is 1. The van der Waals surface area contributed by atoms with Crippen molar-refractivity contribution < 1.29 is 0 Å². The maximum Gasteiger partial charge on any atom is 0.0925 e. The van der Waals surface area contributed by atoms with Crippen molar-refractivity contribution in [2.45, 2.75) is 13.3 Å². The Balaban J connectivity index is 2.14. The molecule has 0 aliphatic carbocycles. The van der Waals surface area contributed by atoms with E-state index < -0.39 is 0 Å². The molecule has 3 nitrogen and oxygen atoms in total. The Kier molecular flexibility index (Phi) is 2.52. The van der Waals surface area contributed by atoms with E-state index in [2.05, 4.69) is 28.2 Å². The van der Waals surface area contributed by atoms with Gasteiger partial charge in [-0.25, -0.2) is 4.98 Å². The normalized spacial score (nSPS) is 10.9. The van der Waals surface area contributed by atoms with Crippen LogP contribution in [0.1, 0.15) is 17.0 Å². The van der Waals surface area contributed by atoms with Crippen LogP contribution in [0.15, 0.2) is 42.7 Å². The highest BCUT2D eigenvalue weighted by atomic mass is 14.9. The number of nitrogens with one attached hydrogen (secondary N) is 1. The van der Waals surface area contributed by atoms with Crippen LogP contribution in [0.25, 0.3) is 10.8 Å². The number of hydrogen-bond acceptors (Lipinski definition) is 2. The predicted octanol–water partition coefficient (Wildman–Crippen LogP) is 3.04. The number of hydrogen-bond donors (Lipinski definition) is 2. The molecule has 0 saturated carbocycles. The average molecular weight is 237 g/mol. The molecule has 0 saturated heterocycles. The number of nitrogens with two attached hydrogens (primary N) is 1. The van der Waals surface area contributed by atoms with Crippen molar-refractivity contribution in [2.75, 3.05) is 5.73 Å². The van der Waals surface area contributed by atoms with Crippen molar-refractivity contribution in [3.63, 3.8) is 0 Å². The Morgan fingerprint density at radius 1 is 1.22 bits per heavy atom. The summed E-state index contributed by atoms with van der Waals surface area (Å²) >= 11 is 0. The zero-order valence-electron chi connectivity index (χ0n) is 10.3. The van der Waals surface area contributed by atoms with E-state index in [-0.39, 0.29) is 0 Å². The van der Waals surface area contributed by atoms with Gasteiger partial charge >= 0.3 is 0 Å². The lowest BCUT2D eigenvalue weighted by Crippen LogP contribution is -1.95. The van der Waals surface area contributed by atoms with E-state index in [1.165, 1.54) is 16.3 Å². The first-order valence-corrected chi connectivity index (χ1v) is 6.00. The van der Waals surface area contributed by atoms with Gasteiger partial charge in [0.15, 0.2) is 0 Å². The molecule has 90 valence electrons. The van der Waals surface area contributed by atoms with Crippen molar-refractivity contribution in [1.29, 1.82) is 0 Å². The summed E-state index contributed by atoms with van der Waals surface area (Å²) in [5, 5.41) is 2.43. The van der Waals surface area contributed by atoms with Crippen LogP contribution in [0.2, 0.25) is 0 Å². The number of H-pyrrole nitrogens is 1. The molecule has 2 aromatic carbocycles. The van der Waals surface area contributed by atoms with E-state index in [0.717, 1.165) is 23.5 Å². The molecule has 3 aromatic rings. The van der Waals surface area contributed by atoms with Crippen LogP contribution in [0.5, 0.6) is 0 Å². The van der Waals surface area contributed by atoms with E-state index in [0.29, 0.717) is 0 Å². The minimum atomic E-state index is 0.803. The molecule has 18 heavy (non-hydrogen) atoms. The standard InChI is InChI=1S/C15H15N3/c1-10-15(18-9-17-10)8-12-7-13(16)6-11-4-2-3-5-14(11)12/h2-7,9H,8,16H2,1H3,(H,17,18). The number of rotatable bonds is 2. The van der Waals surface area contributed by atoms with Gasteiger partial charge in [0, 0.05) is 17.8 Å². The van der Waals surface area contributed by atoms with Crippen LogP contribution in [-0.2, 0) is 6.42 Å². The Hall–Kier alpha value is -2.29. The molecule has 0 aliphatic rings. The van der Waals surface area contributed by atoms with Gasteiger partial charge in [-0.15, -0.1) is 0 Å². The fourth-order valence-electron chi connectivity index (χ4n) is 2.31. The maximum atomic E-state index is 5.96. The molecule has 3 N–H and O–H groups in total. The maximum absolute atomic E-state index is 5.96. The minimum absolute atomic E-state index is 0.803. The quantitative estimate of drug-likeness (QED) is 0.673. The predicted molar refractivity (Wildman–Crippen MR) is 74.5 cm³/mol. The third kappa shape index (κ3) is 1.84. The summed E-state index contributed by atoms with van der Waals surface area (Å²) in [5.41, 5.74) is 10.2. The van der Waals surface area contributed by atoms with Gasteiger partial charge in [0.05, 0.1) is 12.0 Å². The lowest BCUT2D eigenvalue weighted by molar-refractivity contribution is 1.09. The lowest BCUT2D eigenvalue weighted by Gasteiger charge is -2.07. The van der Waals surface area contributed by atoms with Crippen molar-refractivity contribution in [2.24, 2.45) is 0 Å². The highest BCUT2D eigenvalue weighted by Gasteiger charge is 2.07. The number of anilines is 1. The van der Waals surface area contributed by atoms with E-state index in [9.17, 15) is 0 Å². The zero-order chi connectivity index (χ0) is 12.5. The molecular formula is C15H15N3. The second kappa shape index (κ2) is 4.18. The highest BCUT2D eigenvalue weighted by Crippen LogP contribution is 2.24. The van der Waals surface area contributed by atoms with Crippen molar-refractivity contribution in [1.82, 2.24) is 9.97 Å². The molecule has 0 amide bonds. The fraction of sp³-hybridized carbons (Fsp3) is 0.133. The topological polar surface area (TPSA) is 54.7 Å². The van der Waals surface area contributed by atoms with Gasteiger partial charge in [-0.1, -0.05) is 24.3 Å². The van der Waals surface area contributed by atoms with Crippen molar-refractivity contribution in [3.05, 3.63) is 59.7 Å². The number of imidazole rings is 1. The SMILES string of the molecule is Cc1[nH]cnc1Cc1cc(N)cc2ccccc12. The molecular weight excluding hydrogens is 222 g/mol. The molecule has 3 rings (SSSR count). The second-order valence-electron chi connectivity index (χ2n) is 4.55. The molecule has 1 heterocycles. The van der Waals surface area contributed by atoms with Crippen molar-refractivity contribution >= 4 is 16.5 Å². The van der Waals surface area contributed by atoms with E-state index in [1.807, 2.05) is 25.1 Å². The smallest absolute Gasteiger partial charge is 0.0925 e. The number of fused-ring (bicyclic) bond motifs is 1. The molecule has 0 aliphatic heterocycles. The van der Waals surface area contributed by atoms with E-state index >= 15 is 0 Å². The third-order valence-corrected chi connectivity index (χ3v) is 3.26. The van der Waals surface area contributed by atoms with Crippen molar-refractivity contribution in [3.8, 4) is 0 Å². The second-order valence-corrected chi connectivity index (χ2v) is 4.55. The van der Waals surface area contributed by atoms with E-state index in [1.54, 1.807) is 6.33 Å². The first-order chi connectivity index (χ1) is 8.74. The zero-order valence-corrected chi connectivity index (χ0v) is 10.3. The van der Waals surface area contributed by atoms with Gasteiger partial charge in [0.25, 0.3) is 0 Å². The van der Waals surface area contributed by atoms with Crippen LogP contribution in [0.4, 0.5) is 5.69 Å². The fourth-order valence-corrected chi connectivity index (χ4v) is 2.31. The number of aromatic amines is 1. The summed E-state index contributed by atoms with van der Waals surface area (Å²) in [5.74, 6) is 0. The monoisotopic (exact) mass is 237 g/mol. The Labute approximate surface area is 106 Å². The molecule has 0 bridgehead atoms. The Bertz CT molecular complexity index is 698. The summed E-state index contributed by atoms with van der Waals surface area (Å²) in [6, 6.07) is 12.4. The van der Waals surface area contributed by atoms with Gasteiger partial charge in [-0.05, 0) is 35.4 Å². The van der Waals surface area contributed by atoms with Crippen LogP contribution in [-0.4, -0.2) is 9.97 Å². The summed E-state index contributed by atoms with van der Waals surface area (Å²) in [7, 11) is 0. The first-order valence-electron chi connectivity index (χ1n) is 6.00. The van der Waals surface area contributed by atoms with Gasteiger partial charge < -0.3 is 10.7 Å². The van der Waals surface area contributed by atoms with Gasteiger partial charge in [0.2, 0.25) is 0 Å². The molecule has 1 aromatic heterocycles. The van der Waals surface area contributed by atoms with Crippen LogP contribution >= 0.6 is 0 Å². The van der Waals surface area contributed by atoms with Crippen LogP contribution < -0.4 is 5.73 Å². The third-order valence-electron chi connectivity index (χ3n) is 3.26. The molecule has 0 unspecified atom stereocenters. The molecule has 0 radical (unpaired) electrons. The average Bonchev–Trinajstić information content (AvgIpc) is 2.75. The molecule has 0 fully saturated rings. The lowest BCUT2D eigenvalue weighted by atomic mass is 9.99. The summed E-state index contributed by atoms with van der Waals surface area (Å²) < 4.78 is 0. The van der Waals surface area contributed by atoms with E-state index in [4.69, 9.17) is 5.73 Å².